The van der Waals surface area contributed by atoms with E-state index in [0.717, 1.165) is 19.3 Å². The largest absolute Gasteiger partial charge is 0.481 e. The first-order chi connectivity index (χ1) is 11.0. The van der Waals surface area contributed by atoms with Crippen LogP contribution in [0.15, 0.2) is 24.3 Å². The minimum absolute atomic E-state index is 0.0492. The summed E-state index contributed by atoms with van der Waals surface area (Å²) < 4.78 is 18.7. The summed E-state index contributed by atoms with van der Waals surface area (Å²) in [4.78, 5) is 25.1. The van der Waals surface area contributed by atoms with Gasteiger partial charge in [-0.25, -0.2) is 4.39 Å². The van der Waals surface area contributed by atoms with Crippen molar-refractivity contribution in [2.75, 3.05) is 6.54 Å². The van der Waals surface area contributed by atoms with Gasteiger partial charge in [0.2, 0.25) is 0 Å². The van der Waals surface area contributed by atoms with Gasteiger partial charge in [0.15, 0.2) is 6.10 Å². The first-order valence-corrected chi connectivity index (χ1v) is 7.92. The minimum atomic E-state index is -0.855. The van der Waals surface area contributed by atoms with Gasteiger partial charge in [-0.05, 0) is 44.7 Å². The van der Waals surface area contributed by atoms with E-state index >= 15 is 0 Å². The maximum absolute atomic E-state index is 13.2. The van der Waals surface area contributed by atoms with Gasteiger partial charge in [-0.3, -0.25) is 9.59 Å². The lowest BCUT2D eigenvalue weighted by Gasteiger charge is -2.37. The van der Waals surface area contributed by atoms with E-state index in [-0.39, 0.29) is 18.4 Å². The maximum Gasteiger partial charge on any atom is 0.303 e. The number of piperidine rings is 1. The predicted molar refractivity (Wildman–Crippen MR) is 82.7 cm³/mol. The standard InChI is InChI=1S/C17H22FNO4/c1-12(23-15-7-4-5-13(18)11-15)17(22)19-10-3-2-6-14(19)8-9-16(20)21/h4-5,7,11-12,14H,2-3,6,8-10H2,1H3,(H,20,21). The Kier molecular flexibility index (Phi) is 5.96. The van der Waals surface area contributed by atoms with Crippen molar-refractivity contribution in [3.8, 4) is 5.75 Å². The van der Waals surface area contributed by atoms with E-state index in [2.05, 4.69) is 0 Å². The number of carboxylic acids is 1. The highest BCUT2D eigenvalue weighted by Crippen LogP contribution is 2.23. The molecule has 2 atom stereocenters. The van der Waals surface area contributed by atoms with Crippen molar-refractivity contribution in [3.63, 3.8) is 0 Å². The first-order valence-electron chi connectivity index (χ1n) is 7.92. The van der Waals surface area contributed by atoms with Crippen molar-refractivity contribution in [1.29, 1.82) is 0 Å². The summed E-state index contributed by atoms with van der Waals surface area (Å²) in [6.07, 6.45) is 2.48. The molecular weight excluding hydrogens is 301 g/mol. The van der Waals surface area contributed by atoms with Crippen LogP contribution in [0.2, 0.25) is 0 Å². The summed E-state index contributed by atoms with van der Waals surface area (Å²) in [5, 5.41) is 8.84. The van der Waals surface area contributed by atoms with Gasteiger partial charge < -0.3 is 14.7 Å². The lowest BCUT2D eigenvalue weighted by molar-refractivity contribution is -0.144. The molecular formula is C17H22FNO4. The van der Waals surface area contributed by atoms with Crippen molar-refractivity contribution in [2.24, 2.45) is 0 Å². The molecule has 1 N–H and O–H groups in total. The van der Waals surface area contributed by atoms with Crippen molar-refractivity contribution in [1.82, 2.24) is 4.90 Å². The number of carboxylic acid groups (broad SMARTS) is 1. The van der Waals surface area contributed by atoms with Gasteiger partial charge in [0.05, 0.1) is 0 Å². The molecule has 1 aliphatic rings. The van der Waals surface area contributed by atoms with Gasteiger partial charge in [0.1, 0.15) is 11.6 Å². The highest BCUT2D eigenvalue weighted by Gasteiger charge is 2.30. The van der Waals surface area contributed by atoms with Gasteiger partial charge in [-0.1, -0.05) is 6.07 Å². The number of amides is 1. The minimum Gasteiger partial charge on any atom is -0.481 e. The van der Waals surface area contributed by atoms with Crippen LogP contribution in [0.4, 0.5) is 4.39 Å². The van der Waals surface area contributed by atoms with E-state index in [1.807, 2.05) is 0 Å². The summed E-state index contributed by atoms with van der Waals surface area (Å²) in [5.74, 6) is -1.14. The van der Waals surface area contributed by atoms with E-state index in [9.17, 15) is 14.0 Å². The zero-order chi connectivity index (χ0) is 16.8. The summed E-state index contributed by atoms with van der Waals surface area (Å²) in [5.41, 5.74) is 0. The van der Waals surface area contributed by atoms with Crippen LogP contribution in [0.5, 0.6) is 5.75 Å². The third kappa shape index (κ3) is 4.94. The molecule has 2 rings (SSSR count). The summed E-state index contributed by atoms with van der Waals surface area (Å²) in [7, 11) is 0. The lowest BCUT2D eigenvalue weighted by atomic mass is 9.97. The summed E-state index contributed by atoms with van der Waals surface area (Å²) in [6.45, 7) is 2.25. The van der Waals surface area contributed by atoms with Crippen LogP contribution >= 0.6 is 0 Å². The Bertz CT molecular complexity index is 563. The molecule has 23 heavy (non-hydrogen) atoms. The van der Waals surface area contributed by atoms with Crippen molar-refractivity contribution in [2.45, 2.75) is 51.2 Å². The van der Waals surface area contributed by atoms with Crippen LogP contribution in [0, 0.1) is 5.82 Å². The van der Waals surface area contributed by atoms with E-state index < -0.39 is 17.9 Å². The number of hydrogen-bond donors (Lipinski definition) is 1. The number of hydrogen-bond acceptors (Lipinski definition) is 3. The maximum atomic E-state index is 13.2. The molecule has 0 spiro atoms. The number of carbonyl (C=O) groups excluding carboxylic acids is 1. The van der Waals surface area contributed by atoms with Crippen molar-refractivity contribution < 1.29 is 23.8 Å². The molecule has 126 valence electrons. The van der Waals surface area contributed by atoms with Gasteiger partial charge in [0, 0.05) is 25.1 Å². The summed E-state index contributed by atoms with van der Waals surface area (Å²) >= 11 is 0. The Balaban J connectivity index is 1.99. The number of ether oxygens (including phenoxy) is 1. The SMILES string of the molecule is CC(Oc1cccc(F)c1)C(=O)N1CCCCC1CCC(=O)O. The number of rotatable bonds is 6. The molecule has 1 saturated heterocycles. The number of nitrogens with zero attached hydrogens (tertiary/aromatic N) is 1. The average Bonchev–Trinajstić information content (AvgIpc) is 2.52. The normalized spacial score (nSPS) is 19.2. The molecule has 0 aromatic heterocycles. The highest BCUT2D eigenvalue weighted by atomic mass is 19.1. The fraction of sp³-hybridized carbons (Fsp3) is 0.529. The van der Waals surface area contributed by atoms with Gasteiger partial charge in [-0.15, -0.1) is 0 Å². The van der Waals surface area contributed by atoms with Crippen LogP contribution in [-0.4, -0.2) is 40.6 Å². The molecule has 6 heteroatoms. The van der Waals surface area contributed by atoms with Crippen LogP contribution in [0.1, 0.15) is 39.0 Å². The van der Waals surface area contributed by atoms with Gasteiger partial charge in [-0.2, -0.15) is 0 Å². The van der Waals surface area contributed by atoms with E-state index in [0.29, 0.717) is 18.7 Å². The molecule has 0 bridgehead atoms. The fourth-order valence-electron chi connectivity index (χ4n) is 2.91. The molecule has 1 aromatic carbocycles. The molecule has 1 aromatic rings. The zero-order valence-corrected chi connectivity index (χ0v) is 13.2. The summed E-state index contributed by atoms with van der Waals surface area (Å²) in [6, 6.07) is 5.61. The van der Waals surface area contributed by atoms with E-state index in [1.54, 1.807) is 17.9 Å². The number of benzene rings is 1. The van der Waals surface area contributed by atoms with Gasteiger partial charge >= 0.3 is 5.97 Å². The van der Waals surface area contributed by atoms with Crippen LogP contribution in [0.25, 0.3) is 0 Å². The first kappa shape index (κ1) is 17.2. The van der Waals surface area contributed by atoms with Crippen molar-refractivity contribution >= 4 is 11.9 Å². The molecule has 5 nitrogen and oxygen atoms in total. The Labute approximate surface area is 135 Å². The van der Waals surface area contributed by atoms with E-state index in [4.69, 9.17) is 9.84 Å². The van der Waals surface area contributed by atoms with Crippen molar-refractivity contribution in [3.05, 3.63) is 30.1 Å². The smallest absolute Gasteiger partial charge is 0.303 e. The quantitative estimate of drug-likeness (QED) is 0.874. The third-order valence-electron chi connectivity index (χ3n) is 4.06. The second-order valence-electron chi connectivity index (χ2n) is 5.83. The molecule has 1 aliphatic heterocycles. The molecule has 1 amide bonds. The molecule has 0 radical (unpaired) electrons. The Morgan fingerprint density at radius 1 is 1.43 bits per heavy atom. The molecule has 2 unspecified atom stereocenters. The van der Waals surface area contributed by atoms with E-state index in [1.165, 1.54) is 18.2 Å². The molecule has 0 saturated carbocycles. The second kappa shape index (κ2) is 7.94. The topological polar surface area (TPSA) is 66.8 Å². The third-order valence-corrected chi connectivity index (χ3v) is 4.06. The predicted octanol–water partition coefficient (Wildman–Crippen LogP) is 2.84. The Morgan fingerprint density at radius 3 is 2.91 bits per heavy atom. The highest BCUT2D eigenvalue weighted by molar-refractivity contribution is 5.81. The average molecular weight is 323 g/mol. The Hall–Kier alpha value is -2.11. The molecule has 0 aliphatic carbocycles. The lowest BCUT2D eigenvalue weighted by Crippen LogP contribution is -2.49. The monoisotopic (exact) mass is 323 g/mol. The van der Waals surface area contributed by atoms with Crippen LogP contribution in [0.3, 0.4) is 0 Å². The number of halogens is 1. The fourth-order valence-corrected chi connectivity index (χ4v) is 2.91. The second-order valence-corrected chi connectivity index (χ2v) is 5.83. The number of likely N-dealkylation sites (tertiary alicyclic amines) is 1. The van der Waals surface area contributed by atoms with Crippen LogP contribution < -0.4 is 4.74 Å². The zero-order valence-electron chi connectivity index (χ0n) is 13.2. The van der Waals surface area contributed by atoms with Gasteiger partial charge in [0.25, 0.3) is 5.91 Å². The number of aliphatic carboxylic acids is 1. The number of carbonyl (C=O) groups is 2. The molecule has 1 heterocycles. The Morgan fingerprint density at radius 2 is 2.22 bits per heavy atom. The molecule has 1 fully saturated rings. The van der Waals surface area contributed by atoms with Crippen LogP contribution in [-0.2, 0) is 9.59 Å².